The number of guanidine groups is 1. The molecule has 7 heteroatoms. The third-order valence-electron chi connectivity index (χ3n) is 4.76. The number of aromatic nitrogens is 1. The summed E-state index contributed by atoms with van der Waals surface area (Å²) < 4.78 is 7.00. The normalized spacial score (nSPS) is 12.8. The summed E-state index contributed by atoms with van der Waals surface area (Å²) >= 11 is 1.60. The Hall–Kier alpha value is -3.16. The Kier molecular flexibility index (Phi) is 6.11. The van der Waals surface area contributed by atoms with E-state index in [9.17, 15) is 5.11 Å². The molecular weight excluding hydrogens is 396 g/mol. The molecule has 1 atom stereocenters. The predicted octanol–water partition coefficient (Wildman–Crippen LogP) is 4.26. The van der Waals surface area contributed by atoms with Gasteiger partial charge in [0.1, 0.15) is 6.10 Å². The quantitative estimate of drug-likeness (QED) is 0.321. The zero-order valence-corrected chi connectivity index (χ0v) is 17.7. The molecule has 0 aliphatic heterocycles. The number of hydrogen-bond donors (Lipinski definition) is 3. The van der Waals surface area contributed by atoms with Crippen molar-refractivity contribution in [3.8, 4) is 11.3 Å². The van der Waals surface area contributed by atoms with Crippen molar-refractivity contribution in [2.24, 2.45) is 4.99 Å². The highest BCUT2D eigenvalue weighted by atomic mass is 32.1. The van der Waals surface area contributed by atoms with Gasteiger partial charge in [-0.2, -0.15) is 0 Å². The number of nitrogens with one attached hydrogen (secondary N) is 2. The lowest BCUT2D eigenvalue weighted by Crippen LogP contribution is -2.38. The second-order valence-corrected chi connectivity index (χ2v) is 8.11. The summed E-state index contributed by atoms with van der Waals surface area (Å²) in [6.07, 6.45) is 1.11. The molecule has 0 spiro atoms. The van der Waals surface area contributed by atoms with Crippen molar-refractivity contribution in [2.45, 2.75) is 19.6 Å². The van der Waals surface area contributed by atoms with Gasteiger partial charge in [0.2, 0.25) is 5.89 Å². The Morgan fingerprint density at radius 3 is 2.73 bits per heavy atom. The summed E-state index contributed by atoms with van der Waals surface area (Å²) in [5.41, 5.74) is 2.20. The molecule has 0 saturated carbocycles. The fraction of sp³-hybridized carbons (Fsp3) is 0.217. The van der Waals surface area contributed by atoms with Gasteiger partial charge >= 0.3 is 0 Å². The van der Waals surface area contributed by atoms with Crippen molar-refractivity contribution < 1.29 is 9.52 Å². The molecular formula is C23H24N4O2S. The summed E-state index contributed by atoms with van der Waals surface area (Å²) in [6.45, 7) is 2.80. The first-order valence-corrected chi connectivity index (χ1v) is 10.6. The zero-order valence-electron chi connectivity index (χ0n) is 16.9. The van der Waals surface area contributed by atoms with Crippen LogP contribution in [0.2, 0.25) is 0 Å². The minimum atomic E-state index is -0.615. The van der Waals surface area contributed by atoms with E-state index >= 15 is 0 Å². The topological polar surface area (TPSA) is 82.7 Å². The second-order valence-electron chi connectivity index (χ2n) is 6.99. The monoisotopic (exact) mass is 420 g/mol. The lowest BCUT2D eigenvalue weighted by molar-refractivity contribution is 0.184. The summed E-state index contributed by atoms with van der Waals surface area (Å²) in [5.74, 6) is 1.87. The molecule has 0 bridgehead atoms. The largest absolute Gasteiger partial charge is 0.439 e. The maximum Gasteiger partial charge on any atom is 0.214 e. The number of rotatable bonds is 6. The van der Waals surface area contributed by atoms with Crippen LogP contribution in [0, 0.1) is 6.92 Å². The van der Waals surface area contributed by atoms with Crippen LogP contribution in [0.5, 0.6) is 0 Å². The minimum Gasteiger partial charge on any atom is -0.439 e. The van der Waals surface area contributed by atoms with Gasteiger partial charge in [0.15, 0.2) is 11.7 Å². The van der Waals surface area contributed by atoms with Crippen molar-refractivity contribution in [2.75, 3.05) is 13.6 Å². The molecule has 6 nitrogen and oxygen atoms in total. The fourth-order valence-corrected chi connectivity index (χ4v) is 4.13. The van der Waals surface area contributed by atoms with Gasteiger partial charge in [-0.25, -0.2) is 4.98 Å². The molecule has 30 heavy (non-hydrogen) atoms. The number of aliphatic hydroxyl groups is 1. The van der Waals surface area contributed by atoms with E-state index in [1.165, 1.54) is 10.3 Å². The third-order valence-corrected chi connectivity index (χ3v) is 5.97. The van der Waals surface area contributed by atoms with Crippen LogP contribution in [-0.2, 0) is 6.54 Å². The van der Waals surface area contributed by atoms with E-state index in [-0.39, 0.29) is 0 Å². The Balaban J connectivity index is 1.31. The highest BCUT2D eigenvalue weighted by Crippen LogP contribution is 2.29. The van der Waals surface area contributed by atoms with Crippen LogP contribution in [0.1, 0.15) is 22.4 Å². The minimum absolute atomic E-state index is 0.354. The van der Waals surface area contributed by atoms with E-state index in [1.807, 2.05) is 42.5 Å². The highest BCUT2D eigenvalue weighted by molar-refractivity contribution is 7.19. The van der Waals surface area contributed by atoms with Crippen molar-refractivity contribution >= 4 is 27.4 Å². The lowest BCUT2D eigenvalue weighted by Gasteiger charge is -2.13. The Morgan fingerprint density at radius 2 is 1.97 bits per heavy atom. The molecule has 154 valence electrons. The maximum absolute atomic E-state index is 10.5. The van der Waals surface area contributed by atoms with E-state index in [2.05, 4.69) is 39.7 Å². The standard InChI is InChI=1S/C23H24N4O2S/c1-15-7-9-16(10-8-15)19-13-25-22(29-19)14-27-23(24-2)26-12-18(28)21-11-17-5-3-4-6-20(17)30-21/h3-11,13,18,28H,12,14H2,1-2H3,(H2,24,26,27). The molecule has 0 amide bonds. The molecule has 2 aromatic carbocycles. The van der Waals surface area contributed by atoms with Crippen molar-refractivity contribution in [3.63, 3.8) is 0 Å². The summed E-state index contributed by atoms with van der Waals surface area (Å²) in [7, 11) is 1.69. The summed E-state index contributed by atoms with van der Waals surface area (Å²) in [5, 5.41) is 18.0. The van der Waals surface area contributed by atoms with Crippen LogP contribution >= 0.6 is 11.3 Å². The van der Waals surface area contributed by atoms with Gasteiger partial charge in [-0.05, 0) is 24.4 Å². The van der Waals surface area contributed by atoms with Crippen LogP contribution in [-0.4, -0.2) is 29.6 Å². The molecule has 0 aliphatic carbocycles. The van der Waals surface area contributed by atoms with Gasteiger partial charge in [-0.15, -0.1) is 11.3 Å². The van der Waals surface area contributed by atoms with E-state index < -0.39 is 6.10 Å². The van der Waals surface area contributed by atoms with Crippen LogP contribution in [0.4, 0.5) is 0 Å². The SMILES string of the molecule is CN=C(NCc1ncc(-c2ccc(C)cc2)o1)NCC(O)c1cc2ccccc2s1. The number of aryl methyl sites for hydroxylation is 1. The number of fused-ring (bicyclic) bond motifs is 1. The molecule has 4 aromatic rings. The van der Waals surface area contributed by atoms with E-state index in [0.717, 1.165) is 21.6 Å². The first-order valence-electron chi connectivity index (χ1n) is 9.75. The molecule has 0 fully saturated rings. The van der Waals surface area contributed by atoms with Gasteiger partial charge in [0.05, 0.1) is 12.7 Å². The molecule has 2 heterocycles. The molecule has 4 rings (SSSR count). The zero-order chi connectivity index (χ0) is 20.9. The second kappa shape index (κ2) is 9.11. The average Bonchev–Trinajstić information content (AvgIpc) is 3.41. The number of oxazole rings is 1. The van der Waals surface area contributed by atoms with Gasteiger partial charge in [-0.3, -0.25) is 4.99 Å². The Morgan fingerprint density at radius 1 is 1.17 bits per heavy atom. The van der Waals surface area contributed by atoms with E-state index in [4.69, 9.17) is 4.42 Å². The number of aliphatic hydroxyl groups excluding tert-OH is 1. The first kappa shape index (κ1) is 20.1. The number of hydrogen-bond acceptors (Lipinski definition) is 5. The van der Waals surface area contributed by atoms with Crippen molar-refractivity contribution in [1.82, 2.24) is 15.6 Å². The van der Waals surface area contributed by atoms with Crippen LogP contribution in [0.25, 0.3) is 21.4 Å². The molecule has 1 unspecified atom stereocenters. The molecule has 3 N–H and O–H groups in total. The van der Waals surface area contributed by atoms with Crippen LogP contribution in [0.15, 0.2) is 70.2 Å². The summed E-state index contributed by atoms with van der Waals surface area (Å²) in [4.78, 5) is 9.46. The number of nitrogens with zero attached hydrogens (tertiary/aromatic N) is 2. The Labute approximate surface area is 179 Å². The fourth-order valence-electron chi connectivity index (χ4n) is 3.08. The number of benzene rings is 2. The lowest BCUT2D eigenvalue weighted by atomic mass is 10.1. The van der Waals surface area contributed by atoms with Crippen LogP contribution < -0.4 is 10.6 Å². The van der Waals surface area contributed by atoms with E-state index in [0.29, 0.717) is 24.9 Å². The van der Waals surface area contributed by atoms with Gasteiger partial charge in [0, 0.05) is 28.7 Å². The van der Waals surface area contributed by atoms with E-state index in [1.54, 1.807) is 24.6 Å². The van der Waals surface area contributed by atoms with Crippen molar-refractivity contribution in [3.05, 3.63) is 77.1 Å². The third kappa shape index (κ3) is 4.69. The van der Waals surface area contributed by atoms with Gasteiger partial charge in [0.25, 0.3) is 0 Å². The van der Waals surface area contributed by atoms with Crippen LogP contribution in [0.3, 0.4) is 0 Å². The molecule has 2 aromatic heterocycles. The predicted molar refractivity (Wildman–Crippen MR) is 122 cm³/mol. The maximum atomic E-state index is 10.5. The first-order chi connectivity index (χ1) is 14.6. The molecule has 0 saturated heterocycles. The number of thiophene rings is 1. The Bertz CT molecular complexity index is 1110. The molecule has 0 radical (unpaired) electrons. The molecule has 0 aliphatic rings. The van der Waals surface area contributed by atoms with Crippen molar-refractivity contribution in [1.29, 1.82) is 0 Å². The van der Waals surface area contributed by atoms with Gasteiger partial charge < -0.3 is 20.2 Å². The summed E-state index contributed by atoms with van der Waals surface area (Å²) in [6, 6.07) is 18.3. The average molecular weight is 421 g/mol. The van der Waals surface area contributed by atoms with Gasteiger partial charge in [-0.1, -0.05) is 48.0 Å². The highest BCUT2D eigenvalue weighted by Gasteiger charge is 2.13. The number of aliphatic imine (C=N–C) groups is 1. The smallest absolute Gasteiger partial charge is 0.214 e.